The van der Waals surface area contributed by atoms with Crippen molar-refractivity contribution >= 4 is 0 Å². The second-order valence-corrected chi connectivity index (χ2v) is 6.80. The first-order valence-electron chi connectivity index (χ1n) is 9.03. The number of rotatable bonds is 7. The molecule has 2 N–H and O–H groups in total. The van der Waals surface area contributed by atoms with Crippen molar-refractivity contribution in [2.45, 2.75) is 18.6 Å². The van der Waals surface area contributed by atoms with E-state index in [-0.39, 0.29) is 5.54 Å². The van der Waals surface area contributed by atoms with Gasteiger partial charge in [-0.15, -0.1) is 0 Å². The minimum absolute atomic E-state index is 0.339. The van der Waals surface area contributed by atoms with Crippen molar-refractivity contribution < 1.29 is 9.84 Å². The van der Waals surface area contributed by atoms with E-state index in [0.29, 0.717) is 13.1 Å². The summed E-state index contributed by atoms with van der Waals surface area (Å²) in [6.07, 6.45) is -0.412. The van der Waals surface area contributed by atoms with Crippen LogP contribution in [-0.4, -0.2) is 55.5 Å². The molecular formula is C21H28N2O2. The monoisotopic (exact) mass is 340 g/mol. The number of nitrogens with one attached hydrogen (secondary N) is 1. The average Bonchev–Trinajstić information content (AvgIpc) is 2.68. The zero-order valence-electron chi connectivity index (χ0n) is 14.9. The van der Waals surface area contributed by atoms with Gasteiger partial charge in [-0.2, -0.15) is 0 Å². The zero-order chi connectivity index (χ0) is 17.5. The molecule has 1 saturated heterocycles. The first-order chi connectivity index (χ1) is 12.2. The van der Waals surface area contributed by atoms with Crippen molar-refractivity contribution in [2.24, 2.45) is 0 Å². The van der Waals surface area contributed by atoms with Gasteiger partial charge in [-0.3, -0.25) is 4.90 Å². The molecule has 134 valence electrons. The van der Waals surface area contributed by atoms with Crippen molar-refractivity contribution in [3.63, 3.8) is 0 Å². The third-order valence-electron chi connectivity index (χ3n) is 4.97. The molecule has 1 aliphatic heterocycles. The van der Waals surface area contributed by atoms with Crippen molar-refractivity contribution in [3.8, 4) is 0 Å². The van der Waals surface area contributed by atoms with Crippen LogP contribution >= 0.6 is 0 Å². The van der Waals surface area contributed by atoms with Gasteiger partial charge in [0.15, 0.2) is 0 Å². The molecule has 0 aromatic heterocycles. The number of nitrogens with zero attached hydrogens (tertiary/aromatic N) is 1. The summed E-state index contributed by atoms with van der Waals surface area (Å²) in [5.74, 6) is 0. The second-order valence-electron chi connectivity index (χ2n) is 6.80. The van der Waals surface area contributed by atoms with Gasteiger partial charge in [0.05, 0.1) is 24.9 Å². The molecule has 0 saturated carbocycles. The molecule has 3 rings (SSSR count). The van der Waals surface area contributed by atoms with Crippen LogP contribution in [0.5, 0.6) is 0 Å². The Morgan fingerprint density at radius 1 is 1.00 bits per heavy atom. The number of hydrogen-bond acceptors (Lipinski definition) is 4. The van der Waals surface area contributed by atoms with Gasteiger partial charge < -0.3 is 15.2 Å². The third-order valence-corrected chi connectivity index (χ3v) is 4.97. The lowest BCUT2D eigenvalue weighted by Crippen LogP contribution is -2.48. The summed E-state index contributed by atoms with van der Waals surface area (Å²) in [5.41, 5.74) is 2.05. The van der Waals surface area contributed by atoms with Crippen LogP contribution < -0.4 is 5.32 Å². The predicted octanol–water partition coefficient (Wildman–Crippen LogP) is 2.23. The molecule has 2 aromatic carbocycles. The van der Waals surface area contributed by atoms with Gasteiger partial charge in [-0.1, -0.05) is 60.7 Å². The van der Waals surface area contributed by atoms with Gasteiger partial charge in [0.2, 0.25) is 0 Å². The summed E-state index contributed by atoms with van der Waals surface area (Å²) >= 11 is 0. The second kappa shape index (κ2) is 8.59. The Morgan fingerprint density at radius 2 is 1.52 bits per heavy atom. The van der Waals surface area contributed by atoms with Crippen molar-refractivity contribution in [1.82, 2.24) is 10.2 Å². The van der Waals surface area contributed by atoms with Crippen LogP contribution in [0, 0.1) is 0 Å². The topological polar surface area (TPSA) is 44.7 Å². The molecular weight excluding hydrogens is 312 g/mol. The van der Waals surface area contributed by atoms with Crippen molar-refractivity contribution in [2.75, 3.05) is 39.4 Å². The zero-order valence-corrected chi connectivity index (χ0v) is 14.9. The van der Waals surface area contributed by atoms with Crippen LogP contribution in [0.3, 0.4) is 0 Å². The molecule has 0 radical (unpaired) electrons. The minimum Gasteiger partial charge on any atom is -0.390 e. The Kier molecular flexibility index (Phi) is 6.21. The molecule has 1 atom stereocenters. The quantitative estimate of drug-likeness (QED) is 0.811. The summed E-state index contributed by atoms with van der Waals surface area (Å²) in [6, 6.07) is 20.8. The maximum atomic E-state index is 10.5. The van der Waals surface area contributed by atoms with Gasteiger partial charge >= 0.3 is 0 Å². The SMILES string of the molecule is CC(NCC(O)CN1CCOCC1)(c1ccccc1)c1ccccc1. The Morgan fingerprint density at radius 3 is 2.04 bits per heavy atom. The van der Waals surface area contributed by atoms with E-state index in [0.717, 1.165) is 26.3 Å². The molecule has 1 aliphatic rings. The average molecular weight is 340 g/mol. The van der Waals surface area contributed by atoms with Crippen LogP contribution in [0.1, 0.15) is 18.1 Å². The maximum Gasteiger partial charge on any atom is 0.0791 e. The highest BCUT2D eigenvalue weighted by molar-refractivity contribution is 5.37. The van der Waals surface area contributed by atoms with E-state index < -0.39 is 6.10 Å². The Balaban J connectivity index is 1.70. The van der Waals surface area contributed by atoms with E-state index in [1.807, 2.05) is 12.1 Å². The minimum atomic E-state index is -0.412. The van der Waals surface area contributed by atoms with E-state index in [2.05, 4.69) is 65.7 Å². The molecule has 0 aliphatic carbocycles. The molecule has 1 heterocycles. The molecule has 0 amide bonds. The molecule has 1 unspecified atom stereocenters. The smallest absolute Gasteiger partial charge is 0.0791 e. The van der Waals surface area contributed by atoms with Gasteiger partial charge in [0, 0.05) is 26.2 Å². The number of hydrogen-bond donors (Lipinski definition) is 2. The highest BCUT2D eigenvalue weighted by Gasteiger charge is 2.29. The van der Waals surface area contributed by atoms with E-state index in [9.17, 15) is 5.11 Å². The van der Waals surface area contributed by atoms with Gasteiger partial charge in [0.1, 0.15) is 0 Å². The molecule has 2 aromatic rings. The fourth-order valence-electron chi connectivity index (χ4n) is 3.38. The number of morpholine rings is 1. The number of β-amino-alcohol motifs (C(OH)–C–C–N with tert-alkyl or cyclic N) is 1. The van der Waals surface area contributed by atoms with E-state index in [1.54, 1.807) is 0 Å². The summed E-state index contributed by atoms with van der Waals surface area (Å²) < 4.78 is 5.37. The van der Waals surface area contributed by atoms with Crippen molar-refractivity contribution in [1.29, 1.82) is 0 Å². The number of ether oxygens (including phenoxy) is 1. The van der Waals surface area contributed by atoms with E-state index in [1.165, 1.54) is 11.1 Å². The molecule has 1 fully saturated rings. The highest BCUT2D eigenvalue weighted by atomic mass is 16.5. The lowest BCUT2D eigenvalue weighted by Gasteiger charge is -2.34. The summed E-state index contributed by atoms with van der Waals surface area (Å²) in [4.78, 5) is 2.26. The third kappa shape index (κ3) is 4.67. The van der Waals surface area contributed by atoms with Crippen LogP contribution in [0.15, 0.2) is 60.7 Å². The molecule has 0 bridgehead atoms. The van der Waals surface area contributed by atoms with Gasteiger partial charge in [-0.25, -0.2) is 0 Å². The van der Waals surface area contributed by atoms with Gasteiger partial charge in [-0.05, 0) is 18.1 Å². The first-order valence-corrected chi connectivity index (χ1v) is 9.03. The van der Waals surface area contributed by atoms with Crippen LogP contribution in [0.2, 0.25) is 0 Å². The Labute approximate surface area is 150 Å². The predicted molar refractivity (Wildman–Crippen MR) is 101 cm³/mol. The Bertz CT molecular complexity index is 587. The highest BCUT2D eigenvalue weighted by Crippen LogP contribution is 2.29. The lowest BCUT2D eigenvalue weighted by atomic mass is 9.84. The van der Waals surface area contributed by atoms with Crippen LogP contribution in [-0.2, 0) is 10.3 Å². The lowest BCUT2D eigenvalue weighted by molar-refractivity contribution is 0.0139. The molecule has 4 nitrogen and oxygen atoms in total. The Hall–Kier alpha value is -1.72. The summed E-state index contributed by atoms with van der Waals surface area (Å²) in [5, 5.41) is 14.1. The number of aliphatic hydroxyl groups is 1. The fraction of sp³-hybridized carbons (Fsp3) is 0.429. The largest absolute Gasteiger partial charge is 0.390 e. The molecule has 4 heteroatoms. The first kappa shape index (κ1) is 18.1. The van der Waals surface area contributed by atoms with Crippen molar-refractivity contribution in [3.05, 3.63) is 71.8 Å². The van der Waals surface area contributed by atoms with E-state index in [4.69, 9.17) is 4.74 Å². The number of benzene rings is 2. The summed E-state index contributed by atoms with van der Waals surface area (Å²) in [6.45, 7) is 6.70. The molecule has 25 heavy (non-hydrogen) atoms. The van der Waals surface area contributed by atoms with Crippen LogP contribution in [0.4, 0.5) is 0 Å². The fourth-order valence-corrected chi connectivity index (χ4v) is 3.38. The summed E-state index contributed by atoms with van der Waals surface area (Å²) in [7, 11) is 0. The number of aliphatic hydroxyl groups excluding tert-OH is 1. The van der Waals surface area contributed by atoms with Crippen LogP contribution in [0.25, 0.3) is 0 Å². The van der Waals surface area contributed by atoms with E-state index >= 15 is 0 Å². The maximum absolute atomic E-state index is 10.5. The molecule has 0 spiro atoms. The normalized spacial score (nSPS) is 17.4. The van der Waals surface area contributed by atoms with Gasteiger partial charge in [0.25, 0.3) is 0 Å². The standard InChI is InChI=1S/C21H28N2O2/c1-21(18-8-4-2-5-9-18,19-10-6-3-7-11-19)22-16-20(24)17-23-12-14-25-15-13-23/h2-11,20,22,24H,12-17H2,1H3.